The highest BCUT2D eigenvalue weighted by molar-refractivity contribution is 5.71. The van der Waals surface area contributed by atoms with Gasteiger partial charge < -0.3 is 28.6 Å². The molecule has 78 heavy (non-hydrogen) atoms. The van der Waals surface area contributed by atoms with E-state index in [1.807, 2.05) is 14.1 Å². The zero-order valence-electron chi connectivity index (χ0n) is 51.2. The molecule has 4 saturated carbocycles. The van der Waals surface area contributed by atoms with Gasteiger partial charge in [-0.05, 0) is 182 Å². The van der Waals surface area contributed by atoms with E-state index < -0.39 is 6.10 Å². The van der Waals surface area contributed by atoms with Crippen molar-refractivity contribution >= 4 is 29.8 Å². The van der Waals surface area contributed by atoms with Crippen molar-refractivity contribution < 1.29 is 47.7 Å². The van der Waals surface area contributed by atoms with Gasteiger partial charge in [-0.25, -0.2) is 0 Å². The SMILES string of the molecule is CC/C=C\CC1C(CC(=O)OCC(OC(=O)CCCCC(COC(=O)CCCCC)COC(=O)CCCCC)C2CC[C@@]3(C)C(=CC[C@H]4[C@@H]5CC[C@H]([C@H](C)CCCC(C)C)[C@@]5(C)CC[C@@H]43)C2)CCC1OC(=O)CCCN(C)C. The first kappa shape index (κ1) is 65.6. The van der Waals surface area contributed by atoms with E-state index in [4.69, 9.17) is 23.7 Å². The predicted molar refractivity (Wildman–Crippen MR) is 312 cm³/mol. The number of carbonyl (C=O) groups is 5. The quantitative estimate of drug-likeness (QED) is 0.0257. The fraction of sp³-hybridized carbons (Fsp3) is 0.866. The maximum atomic E-state index is 14.0. The Hall–Kier alpha value is -3.21. The summed E-state index contributed by atoms with van der Waals surface area (Å²) >= 11 is 0. The van der Waals surface area contributed by atoms with Crippen LogP contribution in [0.3, 0.4) is 0 Å². The summed E-state index contributed by atoms with van der Waals surface area (Å²) < 4.78 is 30.1. The number of hydrogen-bond donors (Lipinski definition) is 0. The van der Waals surface area contributed by atoms with Crippen LogP contribution in [0, 0.1) is 70.0 Å². The third kappa shape index (κ3) is 20.0. The lowest BCUT2D eigenvalue weighted by atomic mass is 9.46. The molecule has 11 nitrogen and oxygen atoms in total. The van der Waals surface area contributed by atoms with Crippen LogP contribution in [0.5, 0.6) is 0 Å². The Morgan fingerprint density at radius 3 is 2.00 bits per heavy atom. The Labute approximate surface area is 475 Å². The van der Waals surface area contributed by atoms with E-state index >= 15 is 0 Å². The van der Waals surface area contributed by atoms with E-state index in [1.54, 1.807) is 0 Å². The summed E-state index contributed by atoms with van der Waals surface area (Å²) in [4.78, 5) is 68.2. The first-order chi connectivity index (χ1) is 37.4. The van der Waals surface area contributed by atoms with Crippen LogP contribution >= 0.6 is 0 Å². The Kier molecular flexibility index (Phi) is 28.3. The number of rotatable bonds is 36. The van der Waals surface area contributed by atoms with Crippen LogP contribution in [0.1, 0.15) is 248 Å². The van der Waals surface area contributed by atoms with E-state index in [0.717, 1.165) is 132 Å². The minimum Gasteiger partial charge on any atom is -0.465 e. The molecule has 446 valence electrons. The Bertz CT molecular complexity index is 1870. The fourth-order valence-electron chi connectivity index (χ4n) is 15.5. The Morgan fingerprint density at radius 1 is 0.667 bits per heavy atom. The summed E-state index contributed by atoms with van der Waals surface area (Å²) in [5.74, 6) is 3.24. The minimum atomic E-state index is -0.568. The second-order valence-corrected chi connectivity index (χ2v) is 26.7. The summed E-state index contributed by atoms with van der Waals surface area (Å²) in [6.07, 6.45) is 32.4. The van der Waals surface area contributed by atoms with Crippen LogP contribution in [0.15, 0.2) is 23.8 Å². The van der Waals surface area contributed by atoms with Crippen molar-refractivity contribution in [2.45, 2.75) is 260 Å². The average Bonchev–Trinajstić information content (AvgIpc) is 3.79. The molecule has 12 atom stereocenters. The highest BCUT2D eigenvalue weighted by Gasteiger charge is 2.59. The molecular weight excluding hydrogens is 979 g/mol. The molecule has 0 radical (unpaired) electrons. The molecule has 5 unspecified atom stereocenters. The predicted octanol–water partition coefficient (Wildman–Crippen LogP) is 15.5. The number of fused-ring (bicyclic) bond motifs is 5. The van der Waals surface area contributed by atoms with Crippen LogP contribution in [-0.4, -0.2) is 87.4 Å². The molecule has 0 aromatic carbocycles. The minimum absolute atomic E-state index is 0.0221. The van der Waals surface area contributed by atoms with E-state index in [1.165, 1.54) is 50.5 Å². The molecule has 4 fully saturated rings. The fourth-order valence-corrected chi connectivity index (χ4v) is 15.5. The molecule has 0 N–H and O–H groups in total. The molecule has 0 amide bonds. The van der Waals surface area contributed by atoms with Gasteiger partial charge in [0.25, 0.3) is 0 Å². The molecule has 11 heteroatoms. The third-order valence-corrected chi connectivity index (χ3v) is 20.1. The molecule has 0 bridgehead atoms. The molecule has 0 spiro atoms. The third-order valence-electron chi connectivity index (χ3n) is 20.1. The van der Waals surface area contributed by atoms with E-state index in [9.17, 15) is 24.0 Å². The average molecular weight is 1090 g/mol. The smallest absolute Gasteiger partial charge is 0.306 e. The molecule has 5 rings (SSSR count). The number of hydrogen-bond acceptors (Lipinski definition) is 11. The van der Waals surface area contributed by atoms with Crippen molar-refractivity contribution in [3.63, 3.8) is 0 Å². The summed E-state index contributed by atoms with van der Waals surface area (Å²) in [7, 11) is 4.01. The number of esters is 5. The van der Waals surface area contributed by atoms with E-state index in [-0.39, 0.29) is 97.7 Å². The van der Waals surface area contributed by atoms with Gasteiger partial charge in [0.2, 0.25) is 0 Å². The number of unbranched alkanes of at least 4 members (excludes halogenated alkanes) is 5. The first-order valence-electron chi connectivity index (χ1n) is 32.3. The van der Waals surface area contributed by atoms with E-state index in [2.05, 4.69) is 78.5 Å². The zero-order chi connectivity index (χ0) is 56.7. The van der Waals surface area contributed by atoms with Gasteiger partial charge in [-0.3, -0.25) is 24.0 Å². The van der Waals surface area contributed by atoms with Crippen molar-refractivity contribution in [1.82, 2.24) is 4.90 Å². The topological polar surface area (TPSA) is 135 Å². The van der Waals surface area contributed by atoms with Gasteiger partial charge in [0.05, 0.1) is 13.2 Å². The van der Waals surface area contributed by atoms with Crippen LogP contribution in [0.4, 0.5) is 0 Å². The van der Waals surface area contributed by atoms with Gasteiger partial charge in [-0.15, -0.1) is 0 Å². The summed E-state index contributed by atoms with van der Waals surface area (Å²) in [6.45, 7) is 20.0. The lowest BCUT2D eigenvalue weighted by Crippen LogP contribution is -2.51. The number of ether oxygens (including phenoxy) is 5. The Morgan fingerprint density at radius 2 is 1.33 bits per heavy atom. The van der Waals surface area contributed by atoms with Crippen LogP contribution in [0.2, 0.25) is 0 Å². The maximum absolute atomic E-state index is 14.0. The van der Waals surface area contributed by atoms with Crippen LogP contribution < -0.4 is 0 Å². The normalized spacial score (nSPS) is 28.4. The van der Waals surface area contributed by atoms with Crippen molar-refractivity contribution in [2.75, 3.05) is 40.5 Å². The van der Waals surface area contributed by atoms with E-state index in [0.29, 0.717) is 49.9 Å². The van der Waals surface area contributed by atoms with Crippen molar-refractivity contribution in [1.29, 1.82) is 0 Å². The van der Waals surface area contributed by atoms with Gasteiger partial charge in [0.1, 0.15) is 18.8 Å². The van der Waals surface area contributed by atoms with Gasteiger partial charge in [0.15, 0.2) is 0 Å². The number of allylic oxidation sites excluding steroid dienone is 4. The lowest BCUT2D eigenvalue weighted by molar-refractivity contribution is -0.164. The van der Waals surface area contributed by atoms with Crippen LogP contribution in [0.25, 0.3) is 0 Å². The standard InChI is InChI=1S/C67H113NO10/c1-11-14-17-27-54-51(32-37-59(54)77-64(72)31-23-42-68(9)10)44-65(73)76-47-60(78-63(71)30-21-20-26-50(45-74-61(69)28-18-15-12-2)46-75-62(70)29-19-16-13-3)52-38-40-66(7)53(43-52)33-34-55-57-36-35-56(49(6)25-22-24-48(4)5)67(57,8)41-39-58(55)66/h14,17,33,48-52,54-60H,11-13,15-16,18-32,34-47H2,1-10H3/b17-14-/t49-,51?,52?,54?,55+,56-,57+,58+,59?,60?,66+,67-/m1/s1. The zero-order valence-corrected chi connectivity index (χ0v) is 51.2. The summed E-state index contributed by atoms with van der Waals surface area (Å²) in [6, 6.07) is 0. The Balaban J connectivity index is 1.25. The van der Waals surface area contributed by atoms with Crippen molar-refractivity contribution in [3.05, 3.63) is 23.8 Å². The second-order valence-electron chi connectivity index (χ2n) is 26.7. The molecular formula is C67H113NO10. The van der Waals surface area contributed by atoms with Crippen molar-refractivity contribution in [2.24, 2.45) is 70.0 Å². The molecule has 5 aliphatic carbocycles. The van der Waals surface area contributed by atoms with Crippen molar-refractivity contribution in [3.8, 4) is 0 Å². The molecule has 0 aromatic heterocycles. The summed E-state index contributed by atoms with van der Waals surface area (Å²) in [5.41, 5.74) is 2.06. The molecule has 0 aliphatic heterocycles. The summed E-state index contributed by atoms with van der Waals surface area (Å²) in [5, 5.41) is 0. The highest BCUT2D eigenvalue weighted by Crippen LogP contribution is 2.68. The molecule has 0 saturated heterocycles. The second kappa shape index (κ2) is 33.6. The van der Waals surface area contributed by atoms with Gasteiger partial charge in [-0.2, -0.15) is 0 Å². The number of nitrogens with zero attached hydrogens (tertiary/aromatic N) is 1. The monoisotopic (exact) mass is 1090 g/mol. The molecule has 5 aliphatic rings. The number of carbonyl (C=O) groups excluding carboxylic acids is 5. The largest absolute Gasteiger partial charge is 0.465 e. The molecule has 0 heterocycles. The van der Waals surface area contributed by atoms with Gasteiger partial charge in [-0.1, -0.05) is 131 Å². The maximum Gasteiger partial charge on any atom is 0.306 e. The van der Waals surface area contributed by atoms with Gasteiger partial charge in [0, 0.05) is 49.9 Å². The molecule has 0 aromatic rings. The van der Waals surface area contributed by atoms with Gasteiger partial charge >= 0.3 is 29.8 Å². The van der Waals surface area contributed by atoms with Crippen LogP contribution in [-0.2, 0) is 47.7 Å². The highest BCUT2D eigenvalue weighted by atomic mass is 16.6. The first-order valence-corrected chi connectivity index (χ1v) is 32.3. The lowest BCUT2D eigenvalue weighted by Gasteiger charge is -2.59.